The minimum Gasteiger partial charge on any atom is -0.436 e. The van der Waals surface area contributed by atoms with Crippen molar-refractivity contribution in [2.75, 3.05) is 0 Å². The Morgan fingerprint density at radius 1 is 1.59 bits per heavy atom. The van der Waals surface area contributed by atoms with Gasteiger partial charge in [-0.05, 0) is 12.5 Å². The summed E-state index contributed by atoms with van der Waals surface area (Å²) in [5.41, 5.74) is 4.42. The second-order valence-corrected chi connectivity index (χ2v) is 3.93. The minimum absolute atomic E-state index is 0.118. The summed E-state index contributed by atoms with van der Waals surface area (Å²) < 4.78 is 7.21. The van der Waals surface area contributed by atoms with Crippen molar-refractivity contribution in [3.63, 3.8) is 0 Å². The number of rotatable bonds is 3. The molecule has 5 nitrogen and oxygen atoms in total. The number of hydrogen-bond donors (Lipinski definition) is 1. The number of amides is 1. The molecule has 0 spiro atoms. The number of carbonyl (C=O) groups excluding carboxylic acids is 1. The molecule has 1 amide bonds. The Morgan fingerprint density at radius 2 is 2.41 bits per heavy atom. The van der Waals surface area contributed by atoms with Crippen LogP contribution in [0.5, 0.6) is 0 Å². The normalized spacial score (nSPS) is 27.0. The maximum absolute atomic E-state index is 11.1. The fourth-order valence-electron chi connectivity index (χ4n) is 2.12. The number of carbonyl (C=O) groups is 1. The molecule has 2 N–H and O–H groups in total. The second-order valence-electron chi connectivity index (χ2n) is 3.93. The van der Waals surface area contributed by atoms with E-state index in [1.54, 1.807) is 12.5 Å². The molecular formula is C12H15N3O2. The maximum Gasteiger partial charge on any atom is 0.405 e. The molecule has 1 aromatic heterocycles. The molecule has 2 rings (SSSR count). The molecule has 0 fully saturated rings. The van der Waals surface area contributed by atoms with Gasteiger partial charge in [-0.2, -0.15) is 0 Å². The van der Waals surface area contributed by atoms with Crippen LogP contribution in [0.25, 0.3) is 0 Å². The van der Waals surface area contributed by atoms with Gasteiger partial charge in [0.15, 0.2) is 5.60 Å². The molecule has 17 heavy (non-hydrogen) atoms. The zero-order valence-corrected chi connectivity index (χ0v) is 9.61. The van der Waals surface area contributed by atoms with Crippen LogP contribution in [0.4, 0.5) is 4.79 Å². The topological polar surface area (TPSA) is 70.1 Å². The fraction of sp³-hybridized carbons (Fsp3) is 0.333. The van der Waals surface area contributed by atoms with Gasteiger partial charge >= 0.3 is 6.09 Å². The van der Waals surface area contributed by atoms with Crippen molar-refractivity contribution >= 4 is 6.09 Å². The summed E-state index contributed by atoms with van der Waals surface area (Å²) in [6.45, 7) is 1.95. The number of primary amides is 1. The largest absolute Gasteiger partial charge is 0.436 e. The van der Waals surface area contributed by atoms with E-state index in [9.17, 15) is 4.79 Å². The average Bonchev–Trinajstić information content (AvgIpc) is 2.82. The van der Waals surface area contributed by atoms with Crippen LogP contribution >= 0.6 is 0 Å². The molecule has 0 saturated heterocycles. The van der Waals surface area contributed by atoms with Crippen molar-refractivity contribution in [3.05, 3.63) is 43.0 Å². The van der Waals surface area contributed by atoms with Gasteiger partial charge in [-0.25, -0.2) is 9.78 Å². The van der Waals surface area contributed by atoms with E-state index < -0.39 is 11.7 Å². The number of allylic oxidation sites excluding steroid dienone is 2. The van der Waals surface area contributed by atoms with Crippen LogP contribution in [0, 0.1) is 0 Å². The first kappa shape index (κ1) is 11.4. The first-order chi connectivity index (χ1) is 8.18. The number of imidazole rings is 1. The molecular weight excluding hydrogens is 218 g/mol. The lowest BCUT2D eigenvalue weighted by molar-refractivity contribution is 0.0223. The van der Waals surface area contributed by atoms with Gasteiger partial charge in [0, 0.05) is 12.4 Å². The number of nitrogens with zero attached hydrogens (tertiary/aromatic N) is 2. The molecule has 5 heteroatoms. The van der Waals surface area contributed by atoms with E-state index in [4.69, 9.17) is 10.5 Å². The second kappa shape index (κ2) is 4.45. The van der Waals surface area contributed by atoms with E-state index >= 15 is 0 Å². The molecule has 90 valence electrons. The molecule has 2 atom stereocenters. The average molecular weight is 233 g/mol. The molecule has 1 aromatic rings. The summed E-state index contributed by atoms with van der Waals surface area (Å²) in [6.07, 6.45) is 12.7. The third kappa shape index (κ3) is 2.08. The summed E-state index contributed by atoms with van der Waals surface area (Å²) in [5.74, 6) is 0. The Kier molecular flexibility index (Phi) is 2.99. The highest BCUT2D eigenvalue weighted by molar-refractivity contribution is 5.65. The van der Waals surface area contributed by atoms with Gasteiger partial charge in [0.1, 0.15) is 0 Å². The van der Waals surface area contributed by atoms with Gasteiger partial charge < -0.3 is 15.0 Å². The van der Waals surface area contributed by atoms with Gasteiger partial charge in [-0.1, -0.05) is 25.2 Å². The molecule has 0 bridgehead atoms. The summed E-state index contributed by atoms with van der Waals surface area (Å²) in [6, 6.07) is -0.118. The van der Waals surface area contributed by atoms with Crippen molar-refractivity contribution in [2.45, 2.75) is 25.0 Å². The van der Waals surface area contributed by atoms with Crippen molar-refractivity contribution < 1.29 is 9.53 Å². The van der Waals surface area contributed by atoms with Crippen LogP contribution in [0.15, 0.2) is 43.0 Å². The number of ether oxygens (including phenoxy) is 1. The smallest absolute Gasteiger partial charge is 0.405 e. The third-order valence-corrected chi connectivity index (χ3v) is 2.97. The van der Waals surface area contributed by atoms with Gasteiger partial charge in [0.2, 0.25) is 0 Å². The van der Waals surface area contributed by atoms with Crippen molar-refractivity contribution in [1.29, 1.82) is 0 Å². The maximum atomic E-state index is 11.1. The quantitative estimate of drug-likeness (QED) is 0.865. The van der Waals surface area contributed by atoms with Crippen molar-refractivity contribution in [1.82, 2.24) is 9.55 Å². The summed E-state index contributed by atoms with van der Waals surface area (Å²) in [5, 5.41) is 0. The number of nitrogens with two attached hydrogens (primary N) is 1. The Morgan fingerprint density at radius 3 is 3.00 bits per heavy atom. The molecule has 1 aliphatic rings. The van der Waals surface area contributed by atoms with E-state index in [-0.39, 0.29) is 6.04 Å². The van der Waals surface area contributed by atoms with E-state index in [1.807, 2.05) is 42.0 Å². The van der Waals surface area contributed by atoms with Gasteiger partial charge in [-0.3, -0.25) is 0 Å². The summed E-state index contributed by atoms with van der Waals surface area (Å²) in [7, 11) is 0. The van der Waals surface area contributed by atoms with Crippen molar-refractivity contribution in [3.8, 4) is 0 Å². The molecule has 1 aliphatic carbocycles. The van der Waals surface area contributed by atoms with Crippen LogP contribution in [-0.2, 0) is 4.74 Å². The van der Waals surface area contributed by atoms with Gasteiger partial charge in [-0.15, -0.1) is 0 Å². The van der Waals surface area contributed by atoms with Crippen LogP contribution in [0.1, 0.15) is 19.4 Å². The minimum atomic E-state index is -0.767. The van der Waals surface area contributed by atoms with Crippen LogP contribution in [0.3, 0.4) is 0 Å². The lowest BCUT2D eigenvalue weighted by Crippen LogP contribution is -2.43. The Bertz CT molecular complexity index is 450. The Labute approximate surface area is 99.6 Å². The number of hydrogen-bond acceptors (Lipinski definition) is 3. The third-order valence-electron chi connectivity index (χ3n) is 2.97. The number of aromatic nitrogens is 2. The standard InChI is InChI=1S/C12H15N3O2/c1-2-12(17-11(13)16)6-4-3-5-10(12)15-8-7-14-9-15/h3-10H,2H2,1H3,(H2,13,16). The predicted octanol–water partition coefficient (Wildman–Crippen LogP) is 1.79. The SMILES string of the molecule is CCC1(OC(N)=O)C=CC=CC1n1ccnc1. The molecule has 0 aromatic carbocycles. The van der Waals surface area contributed by atoms with Gasteiger partial charge in [0.25, 0.3) is 0 Å². The van der Waals surface area contributed by atoms with Crippen molar-refractivity contribution in [2.24, 2.45) is 5.73 Å². The van der Waals surface area contributed by atoms with E-state index in [1.165, 1.54) is 0 Å². The zero-order chi connectivity index (χ0) is 12.3. The zero-order valence-electron chi connectivity index (χ0n) is 9.61. The highest BCUT2D eigenvalue weighted by Crippen LogP contribution is 2.35. The predicted molar refractivity (Wildman–Crippen MR) is 63.2 cm³/mol. The summed E-state index contributed by atoms with van der Waals surface area (Å²) in [4.78, 5) is 15.1. The highest BCUT2D eigenvalue weighted by Gasteiger charge is 2.39. The van der Waals surface area contributed by atoms with E-state index in [0.29, 0.717) is 6.42 Å². The van der Waals surface area contributed by atoms with Crippen LogP contribution in [-0.4, -0.2) is 21.2 Å². The Hall–Kier alpha value is -2.04. The summed E-state index contributed by atoms with van der Waals surface area (Å²) >= 11 is 0. The first-order valence-corrected chi connectivity index (χ1v) is 5.50. The Balaban J connectivity index is 2.37. The highest BCUT2D eigenvalue weighted by atomic mass is 16.6. The molecule has 0 saturated carbocycles. The molecule has 0 radical (unpaired) electrons. The van der Waals surface area contributed by atoms with Gasteiger partial charge in [0.05, 0.1) is 12.4 Å². The lowest BCUT2D eigenvalue weighted by atomic mass is 9.87. The van der Waals surface area contributed by atoms with Crippen LogP contribution < -0.4 is 5.73 Å². The van der Waals surface area contributed by atoms with Crippen LogP contribution in [0.2, 0.25) is 0 Å². The first-order valence-electron chi connectivity index (χ1n) is 5.50. The lowest BCUT2D eigenvalue weighted by Gasteiger charge is -2.37. The van der Waals surface area contributed by atoms with E-state index in [2.05, 4.69) is 4.98 Å². The molecule has 2 unspecified atom stereocenters. The monoisotopic (exact) mass is 233 g/mol. The molecule has 1 heterocycles. The van der Waals surface area contributed by atoms with E-state index in [0.717, 1.165) is 0 Å². The molecule has 0 aliphatic heterocycles. The fourth-order valence-corrected chi connectivity index (χ4v) is 2.12.